The van der Waals surface area contributed by atoms with Gasteiger partial charge in [0.1, 0.15) is 0 Å². The Balaban J connectivity index is 2.03. The van der Waals surface area contributed by atoms with Crippen molar-refractivity contribution >= 4 is 21.4 Å². The minimum absolute atomic E-state index is 0.148. The van der Waals surface area contributed by atoms with Gasteiger partial charge in [0.05, 0.1) is 6.10 Å². The van der Waals surface area contributed by atoms with Gasteiger partial charge < -0.3 is 5.11 Å². The van der Waals surface area contributed by atoms with Crippen LogP contribution in [0.25, 0.3) is 10.1 Å². The molecule has 0 aliphatic heterocycles. The highest BCUT2D eigenvalue weighted by Crippen LogP contribution is 2.37. The monoisotopic (exact) mass is 246 g/mol. The van der Waals surface area contributed by atoms with E-state index in [0.717, 1.165) is 12.8 Å². The second-order valence-corrected chi connectivity index (χ2v) is 5.91. The molecule has 1 nitrogen and oxygen atoms in total. The molecule has 1 aliphatic carbocycles. The van der Waals surface area contributed by atoms with Crippen LogP contribution in [0, 0.1) is 0 Å². The minimum atomic E-state index is -0.148. The van der Waals surface area contributed by atoms with E-state index in [-0.39, 0.29) is 6.10 Å². The highest BCUT2D eigenvalue weighted by Gasteiger charge is 2.24. The summed E-state index contributed by atoms with van der Waals surface area (Å²) in [6, 6.07) is 8.67. The van der Waals surface area contributed by atoms with Gasteiger partial charge in [-0.05, 0) is 35.2 Å². The third-order valence-electron chi connectivity index (χ3n) is 3.89. The fourth-order valence-corrected chi connectivity index (χ4v) is 3.94. The predicted molar refractivity (Wildman–Crippen MR) is 73.7 cm³/mol. The highest BCUT2D eigenvalue weighted by molar-refractivity contribution is 7.17. The fourth-order valence-electron chi connectivity index (χ4n) is 2.96. The molecule has 1 saturated carbocycles. The molecule has 2 unspecified atom stereocenters. The van der Waals surface area contributed by atoms with Gasteiger partial charge in [-0.2, -0.15) is 0 Å². The molecule has 2 heteroatoms. The van der Waals surface area contributed by atoms with Gasteiger partial charge in [0, 0.05) is 10.6 Å². The molecular weight excluding hydrogens is 228 g/mol. The Morgan fingerprint density at radius 3 is 2.88 bits per heavy atom. The van der Waals surface area contributed by atoms with E-state index < -0.39 is 0 Å². The highest BCUT2D eigenvalue weighted by atomic mass is 32.1. The Kier molecular flexibility index (Phi) is 3.17. The van der Waals surface area contributed by atoms with Crippen molar-refractivity contribution in [2.24, 2.45) is 0 Å². The van der Waals surface area contributed by atoms with Crippen LogP contribution in [0.15, 0.2) is 29.6 Å². The lowest BCUT2D eigenvalue weighted by Crippen LogP contribution is -2.16. The molecule has 1 aliphatic rings. The Morgan fingerprint density at radius 2 is 1.94 bits per heavy atom. The summed E-state index contributed by atoms with van der Waals surface area (Å²) in [5, 5.41) is 13.8. The number of thiophene rings is 1. The van der Waals surface area contributed by atoms with Crippen molar-refractivity contribution in [3.8, 4) is 0 Å². The van der Waals surface area contributed by atoms with Crippen molar-refractivity contribution in [1.29, 1.82) is 0 Å². The lowest BCUT2D eigenvalue weighted by Gasteiger charge is -2.21. The molecule has 90 valence electrons. The molecule has 2 atom stereocenters. The molecule has 1 heterocycles. The number of aliphatic hydroxyl groups is 1. The Morgan fingerprint density at radius 1 is 1.06 bits per heavy atom. The number of fused-ring (bicyclic) bond motifs is 1. The summed E-state index contributed by atoms with van der Waals surface area (Å²) < 4.78 is 1.37. The summed E-state index contributed by atoms with van der Waals surface area (Å²) in [6.45, 7) is 0. The molecule has 1 fully saturated rings. The van der Waals surface area contributed by atoms with Gasteiger partial charge in [-0.1, -0.05) is 37.5 Å². The summed E-state index contributed by atoms with van der Waals surface area (Å²) in [6.07, 6.45) is 5.66. The van der Waals surface area contributed by atoms with Crippen LogP contribution in [-0.2, 0) is 0 Å². The van der Waals surface area contributed by atoms with Crippen LogP contribution in [0.4, 0.5) is 0 Å². The predicted octanol–water partition coefficient (Wildman–Crippen LogP) is 4.31. The standard InChI is InChI=1S/C15H18OS/c16-14-8-3-1-2-6-12(14)13-7-4-5-11-9-10-17-15(11)13/h4-5,7,9-10,12,14,16H,1-3,6,8H2. The quantitative estimate of drug-likeness (QED) is 0.743. The van der Waals surface area contributed by atoms with Crippen LogP contribution >= 0.6 is 11.3 Å². The molecule has 0 amide bonds. The first-order valence-electron chi connectivity index (χ1n) is 6.50. The van der Waals surface area contributed by atoms with E-state index in [4.69, 9.17) is 0 Å². The zero-order valence-corrected chi connectivity index (χ0v) is 10.7. The summed E-state index contributed by atoms with van der Waals surface area (Å²) in [5.41, 5.74) is 1.37. The van der Waals surface area contributed by atoms with Crippen LogP contribution in [0.3, 0.4) is 0 Å². The first kappa shape index (κ1) is 11.2. The maximum absolute atomic E-state index is 10.3. The second-order valence-electron chi connectivity index (χ2n) is 5.00. The first-order valence-corrected chi connectivity index (χ1v) is 7.38. The average Bonchev–Trinajstić information content (AvgIpc) is 2.72. The second kappa shape index (κ2) is 4.79. The molecule has 0 saturated heterocycles. The smallest absolute Gasteiger partial charge is 0.0609 e. The average molecular weight is 246 g/mol. The number of hydrogen-bond donors (Lipinski definition) is 1. The Labute approximate surface area is 106 Å². The number of hydrogen-bond acceptors (Lipinski definition) is 2. The van der Waals surface area contributed by atoms with Crippen molar-refractivity contribution in [2.45, 2.75) is 44.1 Å². The largest absolute Gasteiger partial charge is 0.392 e. The van der Waals surface area contributed by atoms with Crippen molar-refractivity contribution in [3.05, 3.63) is 35.2 Å². The van der Waals surface area contributed by atoms with Gasteiger partial charge in [0.25, 0.3) is 0 Å². The van der Waals surface area contributed by atoms with Gasteiger partial charge in [-0.15, -0.1) is 11.3 Å². The number of rotatable bonds is 1. The van der Waals surface area contributed by atoms with E-state index in [0.29, 0.717) is 5.92 Å². The molecule has 0 radical (unpaired) electrons. The van der Waals surface area contributed by atoms with Gasteiger partial charge in [0.2, 0.25) is 0 Å². The topological polar surface area (TPSA) is 20.2 Å². The van der Waals surface area contributed by atoms with Crippen LogP contribution < -0.4 is 0 Å². The molecule has 0 bridgehead atoms. The molecule has 2 aromatic rings. The Bertz CT molecular complexity index is 502. The first-order chi connectivity index (χ1) is 8.36. The fraction of sp³-hybridized carbons (Fsp3) is 0.467. The van der Waals surface area contributed by atoms with E-state index in [9.17, 15) is 5.11 Å². The SMILES string of the molecule is OC1CCCCCC1c1cccc2ccsc12. The zero-order chi connectivity index (χ0) is 11.7. The van der Waals surface area contributed by atoms with E-state index >= 15 is 0 Å². The third kappa shape index (κ3) is 2.12. The van der Waals surface area contributed by atoms with Crippen LogP contribution in [-0.4, -0.2) is 11.2 Å². The zero-order valence-electron chi connectivity index (χ0n) is 9.93. The summed E-state index contributed by atoms with van der Waals surface area (Å²) >= 11 is 1.81. The third-order valence-corrected chi connectivity index (χ3v) is 4.87. The molecule has 1 aromatic heterocycles. The molecule has 0 spiro atoms. The lowest BCUT2D eigenvalue weighted by molar-refractivity contribution is 0.136. The molecular formula is C15H18OS. The minimum Gasteiger partial charge on any atom is -0.392 e. The summed E-state index contributed by atoms with van der Waals surface area (Å²) in [7, 11) is 0. The van der Waals surface area contributed by atoms with Crippen molar-refractivity contribution < 1.29 is 5.11 Å². The van der Waals surface area contributed by atoms with Gasteiger partial charge in [-0.25, -0.2) is 0 Å². The van der Waals surface area contributed by atoms with Crippen molar-refractivity contribution in [3.63, 3.8) is 0 Å². The number of aliphatic hydroxyl groups excluding tert-OH is 1. The summed E-state index contributed by atoms with van der Waals surface area (Å²) in [4.78, 5) is 0. The van der Waals surface area contributed by atoms with Crippen LogP contribution in [0.1, 0.15) is 43.6 Å². The Hall–Kier alpha value is -0.860. The van der Waals surface area contributed by atoms with Gasteiger partial charge >= 0.3 is 0 Å². The maximum atomic E-state index is 10.3. The van der Waals surface area contributed by atoms with Crippen molar-refractivity contribution in [1.82, 2.24) is 0 Å². The molecule has 3 rings (SSSR count). The lowest BCUT2D eigenvalue weighted by atomic mass is 9.89. The van der Waals surface area contributed by atoms with E-state index in [2.05, 4.69) is 29.6 Å². The van der Waals surface area contributed by atoms with Crippen LogP contribution in [0.2, 0.25) is 0 Å². The van der Waals surface area contributed by atoms with E-state index in [1.807, 2.05) is 0 Å². The molecule has 17 heavy (non-hydrogen) atoms. The maximum Gasteiger partial charge on any atom is 0.0609 e. The summed E-state index contributed by atoms with van der Waals surface area (Å²) in [5.74, 6) is 0.347. The normalized spacial score (nSPS) is 25.9. The van der Waals surface area contributed by atoms with E-state index in [1.165, 1.54) is 34.9 Å². The van der Waals surface area contributed by atoms with Crippen molar-refractivity contribution in [2.75, 3.05) is 0 Å². The van der Waals surface area contributed by atoms with E-state index in [1.54, 1.807) is 11.3 Å². The molecule has 1 N–H and O–H groups in total. The van der Waals surface area contributed by atoms with Gasteiger partial charge in [-0.3, -0.25) is 0 Å². The molecule has 1 aromatic carbocycles. The van der Waals surface area contributed by atoms with Gasteiger partial charge in [0.15, 0.2) is 0 Å². The van der Waals surface area contributed by atoms with Crippen LogP contribution in [0.5, 0.6) is 0 Å². The number of benzene rings is 1.